The highest BCUT2D eigenvalue weighted by Crippen LogP contribution is 2.27. The second kappa shape index (κ2) is 9.30. The van der Waals surface area contributed by atoms with E-state index in [0.717, 1.165) is 16.8 Å². The average molecular weight is 437 g/mol. The fraction of sp³-hybridized carbons (Fsp3) is 0.375. The van der Waals surface area contributed by atoms with Gasteiger partial charge in [0, 0.05) is 38.6 Å². The van der Waals surface area contributed by atoms with Crippen molar-refractivity contribution >= 4 is 40.4 Å². The third kappa shape index (κ3) is 4.85. The third-order valence-electron chi connectivity index (χ3n) is 5.69. The summed E-state index contributed by atoms with van der Waals surface area (Å²) in [7, 11) is 3.90. The fourth-order valence-corrected chi connectivity index (χ4v) is 3.71. The Labute approximate surface area is 187 Å². The average Bonchev–Trinajstić information content (AvgIpc) is 3.24. The summed E-state index contributed by atoms with van der Waals surface area (Å²) >= 11 is 0. The van der Waals surface area contributed by atoms with Crippen LogP contribution in [0.5, 0.6) is 0 Å². The van der Waals surface area contributed by atoms with E-state index in [9.17, 15) is 9.59 Å². The van der Waals surface area contributed by atoms with E-state index in [1.807, 2.05) is 72.4 Å². The number of carbonyl (C=O) groups is 2. The van der Waals surface area contributed by atoms with Gasteiger partial charge in [0.25, 0.3) is 11.9 Å². The van der Waals surface area contributed by atoms with Gasteiger partial charge >= 0.3 is 5.97 Å². The first-order valence-electron chi connectivity index (χ1n) is 10.8. The topological polar surface area (TPSA) is 87.9 Å². The number of nitrogens with zero attached hydrogens (tertiary/aromatic N) is 3. The van der Waals surface area contributed by atoms with Crippen LogP contribution in [0.25, 0.3) is 11.1 Å². The Balaban J connectivity index is 1.27. The number of para-hydroxylation sites is 2. The number of aromatic nitrogens is 1. The van der Waals surface area contributed by atoms with Crippen molar-refractivity contribution in [3.05, 3.63) is 48.5 Å². The van der Waals surface area contributed by atoms with Gasteiger partial charge in [-0.15, -0.1) is 0 Å². The van der Waals surface area contributed by atoms with E-state index in [-0.39, 0.29) is 17.8 Å². The van der Waals surface area contributed by atoms with Crippen LogP contribution in [0.15, 0.2) is 52.9 Å². The van der Waals surface area contributed by atoms with Gasteiger partial charge in [0.15, 0.2) is 11.7 Å². The molecule has 1 aromatic heterocycles. The Bertz CT molecular complexity index is 1050. The lowest BCUT2D eigenvalue weighted by atomic mass is 9.97. The number of carbonyl (C=O) groups excluding carboxylic acids is 2. The van der Waals surface area contributed by atoms with Gasteiger partial charge in [0.2, 0.25) is 0 Å². The van der Waals surface area contributed by atoms with Gasteiger partial charge < -0.3 is 24.3 Å². The number of hydrogen-bond acceptors (Lipinski definition) is 7. The molecule has 8 heteroatoms. The quantitative estimate of drug-likeness (QED) is 0.590. The van der Waals surface area contributed by atoms with E-state index >= 15 is 0 Å². The smallest absolute Gasteiger partial charge is 0.309 e. The molecule has 0 unspecified atom stereocenters. The van der Waals surface area contributed by atoms with Crippen molar-refractivity contribution < 1.29 is 18.7 Å². The molecule has 1 saturated heterocycles. The van der Waals surface area contributed by atoms with Gasteiger partial charge in [-0.3, -0.25) is 9.59 Å². The summed E-state index contributed by atoms with van der Waals surface area (Å²) in [6.45, 7) is 2.88. The Kier molecular flexibility index (Phi) is 6.30. The van der Waals surface area contributed by atoms with Crippen LogP contribution in [-0.4, -0.2) is 50.1 Å². The first kappa shape index (κ1) is 21.7. The lowest BCUT2D eigenvalue weighted by Crippen LogP contribution is -2.39. The standard InChI is InChI=1S/C24H28N4O4/c1-16(22(29)25-18-8-10-19(11-9-18)27(2)3)31-23(30)17-12-14-28(15-13-17)24-26-20-6-4-5-7-21(20)32-24/h4-11,16-17H,12-15H2,1-3H3,(H,25,29)/t16-/m1/s1. The first-order valence-corrected chi connectivity index (χ1v) is 10.8. The number of amides is 1. The lowest BCUT2D eigenvalue weighted by Gasteiger charge is -2.30. The van der Waals surface area contributed by atoms with Crippen molar-refractivity contribution in [1.29, 1.82) is 0 Å². The Morgan fingerprint density at radius 1 is 1.12 bits per heavy atom. The van der Waals surface area contributed by atoms with Gasteiger partial charge in [-0.05, 0) is 56.2 Å². The molecule has 2 aromatic carbocycles. The summed E-state index contributed by atoms with van der Waals surface area (Å²) < 4.78 is 11.3. The number of oxazole rings is 1. The Morgan fingerprint density at radius 2 is 1.81 bits per heavy atom. The summed E-state index contributed by atoms with van der Waals surface area (Å²) in [5.41, 5.74) is 3.27. The second-order valence-electron chi connectivity index (χ2n) is 8.24. The van der Waals surface area contributed by atoms with Crippen molar-refractivity contribution in [3.8, 4) is 0 Å². The molecule has 1 N–H and O–H groups in total. The van der Waals surface area contributed by atoms with E-state index in [1.165, 1.54) is 0 Å². The summed E-state index contributed by atoms with van der Waals surface area (Å²) in [4.78, 5) is 33.6. The number of anilines is 3. The zero-order chi connectivity index (χ0) is 22.7. The second-order valence-corrected chi connectivity index (χ2v) is 8.24. The number of fused-ring (bicyclic) bond motifs is 1. The van der Waals surface area contributed by atoms with Gasteiger partial charge in [0.05, 0.1) is 5.92 Å². The number of rotatable bonds is 6. The number of nitrogens with one attached hydrogen (secondary N) is 1. The van der Waals surface area contributed by atoms with Crippen molar-refractivity contribution in [2.45, 2.75) is 25.9 Å². The molecule has 0 aliphatic carbocycles. The minimum atomic E-state index is -0.869. The first-order chi connectivity index (χ1) is 15.4. The molecule has 1 amide bonds. The van der Waals surface area contributed by atoms with Gasteiger partial charge in [-0.1, -0.05) is 12.1 Å². The van der Waals surface area contributed by atoms with Crippen LogP contribution in [0.3, 0.4) is 0 Å². The fourth-order valence-electron chi connectivity index (χ4n) is 3.71. The summed E-state index contributed by atoms with van der Waals surface area (Å²) in [6.07, 6.45) is 0.376. The lowest BCUT2D eigenvalue weighted by molar-refractivity contribution is -0.158. The Hall–Kier alpha value is -3.55. The molecule has 0 spiro atoms. The van der Waals surface area contributed by atoms with Crippen molar-refractivity contribution in [3.63, 3.8) is 0 Å². The maximum atomic E-state index is 12.6. The molecule has 1 aliphatic heterocycles. The van der Waals surface area contributed by atoms with Gasteiger partial charge in [-0.2, -0.15) is 4.98 Å². The largest absolute Gasteiger partial charge is 0.452 e. The van der Waals surface area contributed by atoms with E-state index in [2.05, 4.69) is 10.3 Å². The zero-order valence-corrected chi connectivity index (χ0v) is 18.6. The summed E-state index contributed by atoms with van der Waals surface area (Å²) in [5, 5.41) is 2.79. The van der Waals surface area contributed by atoms with E-state index in [4.69, 9.17) is 9.15 Å². The molecule has 8 nitrogen and oxygen atoms in total. The molecule has 1 atom stereocenters. The number of ether oxygens (including phenoxy) is 1. The molecular weight excluding hydrogens is 408 g/mol. The molecule has 32 heavy (non-hydrogen) atoms. The maximum absolute atomic E-state index is 12.6. The van der Waals surface area contributed by atoms with Crippen molar-refractivity contribution in [2.75, 3.05) is 42.3 Å². The molecule has 0 saturated carbocycles. The highest BCUT2D eigenvalue weighted by Gasteiger charge is 2.30. The normalized spacial score (nSPS) is 15.4. The summed E-state index contributed by atoms with van der Waals surface area (Å²) in [5.74, 6) is -0.932. The van der Waals surface area contributed by atoms with Gasteiger partial charge in [0.1, 0.15) is 5.52 Å². The van der Waals surface area contributed by atoms with Crippen LogP contribution in [-0.2, 0) is 14.3 Å². The molecule has 3 aromatic rings. The monoisotopic (exact) mass is 436 g/mol. The van der Waals surface area contributed by atoms with Crippen LogP contribution in [0, 0.1) is 5.92 Å². The number of hydrogen-bond donors (Lipinski definition) is 1. The number of piperidine rings is 1. The van der Waals surface area contributed by atoms with Crippen LogP contribution in [0.2, 0.25) is 0 Å². The minimum absolute atomic E-state index is 0.245. The molecule has 1 aliphatic rings. The zero-order valence-electron chi connectivity index (χ0n) is 18.6. The SMILES string of the molecule is C[C@@H](OC(=O)C1CCN(c2nc3ccccc3o2)CC1)C(=O)Nc1ccc(N(C)C)cc1. The molecule has 168 valence electrons. The predicted molar refractivity (Wildman–Crippen MR) is 124 cm³/mol. The van der Waals surface area contributed by atoms with Crippen molar-refractivity contribution in [2.24, 2.45) is 5.92 Å². The molecule has 1 fully saturated rings. The summed E-state index contributed by atoms with van der Waals surface area (Å²) in [6, 6.07) is 15.7. The van der Waals surface area contributed by atoms with Crippen LogP contribution in [0.1, 0.15) is 19.8 Å². The van der Waals surface area contributed by atoms with Gasteiger partial charge in [-0.25, -0.2) is 0 Å². The molecule has 2 heterocycles. The maximum Gasteiger partial charge on any atom is 0.309 e. The van der Waals surface area contributed by atoms with E-state index in [0.29, 0.717) is 37.6 Å². The molecule has 0 radical (unpaired) electrons. The molecule has 4 rings (SSSR count). The highest BCUT2D eigenvalue weighted by atomic mass is 16.5. The van der Waals surface area contributed by atoms with Crippen LogP contribution in [0.4, 0.5) is 17.4 Å². The minimum Gasteiger partial charge on any atom is -0.452 e. The van der Waals surface area contributed by atoms with E-state index < -0.39 is 6.10 Å². The number of benzene rings is 2. The molecular formula is C24H28N4O4. The third-order valence-corrected chi connectivity index (χ3v) is 5.69. The van der Waals surface area contributed by atoms with Crippen LogP contribution < -0.4 is 15.1 Å². The molecule has 0 bridgehead atoms. The predicted octanol–water partition coefficient (Wildman–Crippen LogP) is 3.68. The van der Waals surface area contributed by atoms with Crippen molar-refractivity contribution in [1.82, 2.24) is 4.98 Å². The number of esters is 1. The van der Waals surface area contributed by atoms with Crippen LogP contribution >= 0.6 is 0 Å². The van der Waals surface area contributed by atoms with E-state index in [1.54, 1.807) is 6.92 Å². The highest BCUT2D eigenvalue weighted by molar-refractivity contribution is 5.95. The Morgan fingerprint density at radius 3 is 2.47 bits per heavy atom.